The summed E-state index contributed by atoms with van der Waals surface area (Å²) in [5.41, 5.74) is 1.17. The molecule has 4 nitrogen and oxygen atoms in total. The van der Waals surface area contributed by atoms with Crippen molar-refractivity contribution in [1.29, 1.82) is 0 Å². The van der Waals surface area contributed by atoms with E-state index in [1.165, 1.54) is 5.56 Å². The lowest BCUT2D eigenvalue weighted by molar-refractivity contribution is -0.133. The number of carbonyl (C=O) groups is 1. The molecule has 0 aromatic carbocycles. The average Bonchev–Trinajstić information content (AvgIpc) is 3.06. The first-order chi connectivity index (χ1) is 8.81. The average molecular weight is 266 g/mol. The summed E-state index contributed by atoms with van der Waals surface area (Å²) < 4.78 is 5.07. The zero-order valence-corrected chi connectivity index (χ0v) is 11.3. The molecule has 5 heteroatoms. The Morgan fingerprint density at radius 3 is 3.17 bits per heavy atom. The largest absolute Gasteiger partial charge is 0.383 e. The minimum absolute atomic E-state index is 0.118. The molecule has 0 aliphatic carbocycles. The Bertz CT molecular complexity index is 403. The minimum Gasteiger partial charge on any atom is -0.383 e. The van der Waals surface area contributed by atoms with E-state index in [1.54, 1.807) is 18.4 Å². The zero-order valence-electron chi connectivity index (χ0n) is 10.5. The van der Waals surface area contributed by atoms with Crippen LogP contribution >= 0.6 is 11.3 Å². The van der Waals surface area contributed by atoms with E-state index in [9.17, 15) is 4.79 Å². The number of nitrogens with one attached hydrogen (secondary N) is 1. The number of hydrogen-bond acceptors (Lipinski definition) is 4. The highest BCUT2D eigenvalue weighted by atomic mass is 32.1. The van der Waals surface area contributed by atoms with Gasteiger partial charge in [-0.15, -0.1) is 0 Å². The molecular formula is C13H18N2O2S. The first-order valence-electron chi connectivity index (χ1n) is 6.00. The van der Waals surface area contributed by atoms with Gasteiger partial charge < -0.3 is 9.64 Å². The molecule has 1 amide bonds. The smallest absolute Gasteiger partial charge is 0.244 e. The van der Waals surface area contributed by atoms with Gasteiger partial charge in [-0.25, -0.2) is 0 Å². The summed E-state index contributed by atoms with van der Waals surface area (Å²) in [4.78, 5) is 14.2. The van der Waals surface area contributed by atoms with E-state index in [2.05, 4.69) is 16.8 Å². The molecule has 0 saturated carbocycles. The molecule has 0 saturated heterocycles. The van der Waals surface area contributed by atoms with Gasteiger partial charge in [0.25, 0.3) is 0 Å². The summed E-state index contributed by atoms with van der Waals surface area (Å²) in [5.74, 6) is 0.118. The standard InChI is InChI=1S/C13H18N2O2S/c1-17-7-6-15(9-11-4-8-18-10-11)13(16)12-3-2-5-14-12/h2-4,8,10,12,14H,5-7,9H2,1H3/t12-/m0/s1. The Balaban J connectivity index is 1.99. The van der Waals surface area contributed by atoms with Crippen LogP contribution in [0.2, 0.25) is 0 Å². The Hall–Kier alpha value is -1.17. The third-order valence-electron chi connectivity index (χ3n) is 2.88. The molecule has 0 spiro atoms. The van der Waals surface area contributed by atoms with Crippen LogP contribution in [0.5, 0.6) is 0 Å². The van der Waals surface area contributed by atoms with E-state index in [0.29, 0.717) is 19.7 Å². The van der Waals surface area contributed by atoms with E-state index >= 15 is 0 Å². The normalized spacial score (nSPS) is 18.2. The summed E-state index contributed by atoms with van der Waals surface area (Å²) >= 11 is 1.65. The number of nitrogens with zero attached hydrogens (tertiary/aromatic N) is 1. The van der Waals surface area contributed by atoms with Crippen LogP contribution < -0.4 is 5.32 Å². The first-order valence-corrected chi connectivity index (χ1v) is 6.94. The van der Waals surface area contributed by atoms with Gasteiger partial charge >= 0.3 is 0 Å². The molecule has 1 aromatic heterocycles. The Morgan fingerprint density at radius 1 is 1.67 bits per heavy atom. The van der Waals surface area contributed by atoms with Gasteiger partial charge in [0, 0.05) is 26.7 Å². The van der Waals surface area contributed by atoms with Crippen molar-refractivity contribution >= 4 is 17.2 Å². The summed E-state index contributed by atoms with van der Waals surface area (Å²) in [6, 6.07) is 1.87. The van der Waals surface area contributed by atoms with Crippen LogP contribution in [0, 0.1) is 0 Å². The maximum Gasteiger partial charge on any atom is 0.244 e. The molecule has 0 unspecified atom stereocenters. The molecule has 2 rings (SSSR count). The minimum atomic E-state index is -0.180. The van der Waals surface area contributed by atoms with E-state index in [0.717, 1.165) is 6.54 Å². The molecular weight excluding hydrogens is 248 g/mol. The van der Waals surface area contributed by atoms with E-state index in [4.69, 9.17) is 4.74 Å². The van der Waals surface area contributed by atoms with Crippen LogP contribution in [0.1, 0.15) is 5.56 Å². The summed E-state index contributed by atoms with van der Waals surface area (Å²) in [5, 5.41) is 7.26. The molecule has 0 bridgehead atoms. The fourth-order valence-electron chi connectivity index (χ4n) is 1.91. The van der Waals surface area contributed by atoms with Crippen molar-refractivity contribution in [2.24, 2.45) is 0 Å². The van der Waals surface area contributed by atoms with Crippen LogP contribution in [0.3, 0.4) is 0 Å². The lowest BCUT2D eigenvalue weighted by Gasteiger charge is -2.24. The number of carbonyl (C=O) groups excluding carboxylic acids is 1. The highest BCUT2D eigenvalue weighted by Crippen LogP contribution is 2.11. The van der Waals surface area contributed by atoms with Crippen LogP contribution in [0.15, 0.2) is 29.0 Å². The number of rotatable bonds is 6. The van der Waals surface area contributed by atoms with Gasteiger partial charge in [0.15, 0.2) is 0 Å². The quantitative estimate of drug-likeness (QED) is 0.788. The summed E-state index contributed by atoms with van der Waals surface area (Å²) in [6.45, 7) is 2.61. The van der Waals surface area contributed by atoms with Crippen LogP contribution in [-0.2, 0) is 16.1 Å². The monoisotopic (exact) mass is 266 g/mol. The van der Waals surface area contributed by atoms with Crippen molar-refractivity contribution in [2.45, 2.75) is 12.6 Å². The van der Waals surface area contributed by atoms with Gasteiger partial charge in [0.05, 0.1) is 6.61 Å². The molecule has 1 atom stereocenters. The van der Waals surface area contributed by atoms with Gasteiger partial charge in [0.2, 0.25) is 5.91 Å². The number of thiophene rings is 1. The van der Waals surface area contributed by atoms with E-state index < -0.39 is 0 Å². The summed E-state index contributed by atoms with van der Waals surface area (Å²) in [6.07, 6.45) is 3.91. The Labute approximate surface area is 111 Å². The Kier molecular flexibility index (Phi) is 4.92. The second kappa shape index (κ2) is 6.68. The van der Waals surface area contributed by atoms with Crippen LogP contribution in [0.25, 0.3) is 0 Å². The van der Waals surface area contributed by atoms with Gasteiger partial charge in [0.1, 0.15) is 6.04 Å². The summed E-state index contributed by atoms with van der Waals surface area (Å²) in [7, 11) is 1.65. The molecule has 1 N–H and O–H groups in total. The van der Waals surface area contributed by atoms with E-state index in [1.807, 2.05) is 22.4 Å². The van der Waals surface area contributed by atoms with Crippen LogP contribution in [-0.4, -0.2) is 43.7 Å². The zero-order chi connectivity index (χ0) is 12.8. The predicted octanol–water partition coefficient (Wildman–Crippen LogP) is 1.25. The number of methoxy groups -OCH3 is 1. The third kappa shape index (κ3) is 3.41. The molecule has 0 radical (unpaired) electrons. The maximum absolute atomic E-state index is 12.3. The van der Waals surface area contributed by atoms with Crippen molar-refractivity contribution in [3.63, 3.8) is 0 Å². The number of hydrogen-bond donors (Lipinski definition) is 1. The first kappa shape index (κ1) is 13.3. The van der Waals surface area contributed by atoms with Gasteiger partial charge in [-0.1, -0.05) is 12.2 Å². The van der Waals surface area contributed by atoms with Gasteiger partial charge in [-0.3, -0.25) is 10.1 Å². The highest BCUT2D eigenvalue weighted by molar-refractivity contribution is 7.07. The second-order valence-corrected chi connectivity index (χ2v) is 4.98. The molecule has 18 heavy (non-hydrogen) atoms. The van der Waals surface area contributed by atoms with Gasteiger partial charge in [-0.05, 0) is 22.4 Å². The van der Waals surface area contributed by atoms with Crippen molar-refractivity contribution in [3.05, 3.63) is 34.5 Å². The molecule has 2 heterocycles. The van der Waals surface area contributed by atoms with Crippen molar-refractivity contribution in [3.8, 4) is 0 Å². The third-order valence-corrected chi connectivity index (χ3v) is 3.61. The lowest BCUT2D eigenvalue weighted by atomic mass is 10.2. The number of ether oxygens (including phenoxy) is 1. The molecule has 1 aliphatic heterocycles. The maximum atomic E-state index is 12.3. The van der Waals surface area contributed by atoms with Crippen LogP contribution in [0.4, 0.5) is 0 Å². The van der Waals surface area contributed by atoms with Crippen molar-refractivity contribution in [2.75, 3.05) is 26.8 Å². The van der Waals surface area contributed by atoms with E-state index in [-0.39, 0.29) is 11.9 Å². The molecule has 1 aliphatic rings. The molecule has 98 valence electrons. The topological polar surface area (TPSA) is 41.6 Å². The highest BCUT2D eigenvalue weighted by Gasteiger charge is 2.23. The number of amides is 1. The fraction of sp³-hybridized carbons (Fsp3) is 0.462. The fourth-order valence-corrected chi connectivity index (χ4v) is 2.56. The van der Waals surface area contributed by atoms with Gasteiger partial charge in [-0.2, -0.15) is 11.3 Å². The van der Waals surface area contributed by atoms with Crippen molar-refractivity contribution < 1.29 is 9.53 Å². The molecule has 1 aromatic rings. The SMILES string of the molecule is COCCN(Cc1ccsc1)C(=O)[C@@H]1C=CCN1. The Morgan fingerprint density at radius 2 is 2.56 bits per heavy atom. The second-order valence-electron chi connectivity index (χ2n) is 4.20. The molecule has 0 fully saturated rings. The van der Waals surface area contributed by atoms with Crippen molar-refractivity contribution in [1.82, 2.24) is 10.2 Å². The lowest BCUT2D eigenvalue weighted by Crippen LogP contribution is -2.44. The predicted molar refractivity (Wildman–Crippen MR) is 72.5 cm³/mol.